The summed E-state index contributed by atoms with van der Waals surface area (Å²) in [5.74, 6) is 0. The summed E-state index contributed by atoms with van der Waals surface area (Å²) in [5.41, 5.74) is 15.2. The molecule has 0 amide bonds. The van der Waals surface area contributed by atoms with Crippen LogP contribution >= 0.6 is 0 Å². The lowest BCUT2D eigenvalue weighted by atomic mass is 9.90. The zero-order valence-electron chi connectivity index (χ0n) is 30.0. The Bertz CT molecular complexity index is 2860. The van der Waals surface area contributed by atoms with Gasteiger partial charge in [-0.3, -0.25) is 0 Å². The molecule has 258 valence electrons. The van der Waals surface area contributed by atoms with Gasteiger partial charge in [0.2, 0.25) is 0 Å². The summed E-state index contributed by atoms with van der Waals surface area (Å²) in [6.07, 6.45) is 0. The second-order valence-electron chi connectivity index (χ2n) is 13.8. The predicted octanol–water partition coefficient (Wildman–Crippen LogP) is 13.6. The van der Waals surface area contributed by atoms with Crippen molar-refractivity contribution in [2.24, 2.45) is 0 Å². The molecule has 0 aliphatic rings. The maximum absolute atomic E-state index is 5.38. The first-order valence-electron chi connectivity index (χ1n) is 18.7. The van der Waals surface area contributed by atoms with Crippen molar-refractivity contribution in [2.75, 3.05) is 0 Å². The molecule has 10 rings (SSSR count). The number of aromatic nitrogens is 3. The number of hydrogen-bond acceptors (Lipinski definition) is 2. The summed E-state index contributed by atoms with van der Waals surface area (Å²) in [6.45, 7) is 0. The minimum absolute atomic E-state index is 0.956. The van der Waals surface area contributed by atoms with Gasteiger partial charge in [0.25, 0.3) is 0 Å². The molecule has 2 heterocycles. The summed E-state index contributed by atoms with van der Waals surface area (Å²) in [5, 5.41) is 8.86. The molecule has 10 aromatic rings. The van der Waals surface area contributed by atoms with E-state index in [1.165, 1.54) is 10.9 Å². The zero-order valence-corrected chi connectivity index (χ0v) is 30.0. The molecule has 0 N–H and O–H groups in total. The Balaban J connectivity index is 1.17. The molecule has 3 nitrogen and oxygen atoms in total. The lowest BCUT2D eigenvalue weighted by Gasteiger charge is -2.15. The van der Waals surface area contributed by atoms with Crippen LogP contribution in [0, 0.1) is 0 Å². The number of nitrogens with zero attached hydrogens (tertiary/aromatic N) is 3. The number of rotatable bonds is 7. The molecule has 0 aliphatic heterocycles. The minimum Gasteiger partial charge on any atom is -0.248 e. The van der Waals surface area contributed by atoms with Crippen molar-refractivity contribution in [1.29, 1.82) is 0 Å². The van der Waals surface area contributed by atoms with Crippen molar-refractivity contribution in [2.45, 2.75) is 0 Å². The van der Waals surface area contributed by atoms with Gasteiger partial charge in [-0.25, -0.2) is 9.67 Å². The lowest BCUT2D eigenvalue weighted by Crippen LogP contribution is -1.97. The third-order valence-corrected chi connectivity index (χ3v) is 10.4. The largest absolute Gasteiger partial charge is 0.248 e. The number of para-hydroxylation sites is 1. The van der Waals surface area contributed by atoms with E-state index < -0.39 is 0 Å². The normalized spacial score (nSPS) is 11.3. The van der Waals surface area contributed by atoms with Crippen LogP contribution in [0.5, 0.6) is 0 Å². The molecule has 0 aliphatic carbocycles. The van der Waals surface area contributed by atoms with Gasteiger partial charge >= 0.3 is 0 Å². The topological polar surface area (TPSA) is 30.7 Å². The van der Waals surface area contributed by atoms with Gasteiger partial charge in [-0.1, -0.05) is 182 Å². The standard InChI is InChI=1S/C52H35N3/c1-6-17-37(18-7-1)46-35-47-44(27-16-28-45(47)52-50(46)51(41-23-12-4-13-24-41)54-55(52)43-25-14-5-15-26-43)38-31-29-36(30-32-38)42-33-48(39-19-8-2-9-20-39)53-49(34-42)40-21-10-3-11-22-40/h1-35H. The van der Waals surface area contributed by atoms with E-state index in [1.54, 1.807) is 0 Å². The molecule has 0 saturated carbocycles. The monoisotopic (exact) mass is 701 g/mol. The number of pyridine rings is 1. The van der Waals surface area contributed by atoms with Crippen molar-refractivity contribution in [3.63, 3.8) is 0 Å². The molecule has 0 saturated heterocycles. The van der Waals surface area contributed by atoms with Crippen LogP contribution in [0.15, 0.2) is 212 Å². The van der Waals surface area contributed by atoms with Crippen molar-refractivity contribution >= 4 is 21.7 Å². The van der Waals surface area contributed by atoms with Gasteiger partial charge in [-0.15, -0.1) is 0 Å². The van der Waals surface area contributed by atoms with Gasteiger partial charge < -0.3 is 0 Å². The van der Waals surface area contributed by atoms with E-state index in [4.69, 9.17) is 10.1 Å². The van der Waals surface area contributed by atoms with Crippen LogP contribution in [0.25, 0.3) is 94.5 Å². The molecule has 0 radical (unpaired) electrons. The van der Waals surface area contributed by atoms with Crippen LogP contribution in [0.4, 0.5) is 0 Å². The van der Waals surface area contributed by atoms with Gasteiger partial charge in [0.15, 0.2) is 0 Å². The van der Waals surface area contributed by atoms with Crippen LogP contribution in [-0.2, 0) is 0 Å². The van der Waals surface area contributed by atoms with Crippen LogP contribution < -0.4 is 0 Å². The second kappa shape index (κ2) is 13.9. The number of fused-ring (bicyclic) bond motifs is 3. The van der Waals surface area contributed by atoms with E-state index in [0.29, 0.717) is 0 Å². The van der Waals surface area contributed by atoms with Crippen LogP contribution in [-0.4, -0.2) is 14.8 Å². The van der Waals surface area contributed by atoms with Gasteiger partial charge in [-0.2, -0.15) is 5.10 Å². The SMILES string of the molecule is c1ccc(-c2cc(-c3ccc(-c4cccc5c4cc(-c4ccccc4)c4c(-c6ccccc6)nn(-c6ccccc6)c45)cc3)cc(-c3ccccc3)n2)cc1. The van der Waals surface area contributed by atoms with Gasteiger partial charge in [0.05, 0.1) is 22.6 Å². The highest BCUT2D eigenvalue weighted by Crippen LogP contribution is 2.44. The quantitative estimate of drug-likeness (QED) is 0.166. The maximum atomic E-state index is 5.38. The van der Waals surface area contributed by atoms with E-state index >= 15 is 0 Å². The third kappa shape index (κ3) is 5.98. The Morgan fingerprint density at radius 2 is 0.818 bits per heavy atom. The first kappa shape index (κ1) is 32.3. The first-order chi connectivity index (χ1) is 27.3. The zero-order chi connectivity index (χ0) is 36.6. The average molecular weight is 702 g/mol. The molecule has 0 fully saturated rings. The van der Waals surface area contributed by atoms with Gasteiger partial charge in [0.1, 0.15) is 5.69 Å². The Hall–Kier alpha value is -7.36. The average Bonchev–Trinajstić information content (AvgIpc) is 3.69. The molecule has 0 unspecified atom stereocenters. The fourth-order valence-corrected chi connectivity index (χ4v) is 7.77. The smallest absolute Gasteiger partial charge is 0.101 e. The van der Waals surface area contributed by atoms with Crippen LogP contribution in [0.3, 0.4) is 0 Å². The molecule has 3 heteroatoms. The van der Waals surface area contributed by atoms with E-state index in [1.807, 2.05) is 12.1 Å². The van der Waals surface area contributed by atoms with Gasteiger partial charge in [0, 0.05) is 27.5 Å². The van der Waals surface area contributed by atoms with Crippen molar-refractivity contribution in [1.82, 2.24) is 14.8 Å². The third-order valence-electron chi connectivity index (χ3n) is 10.4. The highest BCUT2D eigenvalue weighted by Gasteiger charge is 2.22. The minimum atomic E-state index is 0.956. The molecule has 2 aromatic heterocycles. The van der Waals surface area contributed by atoms with E-state index in [-0.39, 0.29) is 0 Å². The fraction of sp³-hybridized carbons (Fsp3) is 0. The highest BCUT2D eigenvalue weighted by atomic mass is 15.3. The van der Waals surface area contributed by atoms with E-state index in [0.717, 1.165) is 83.6 Å². The molecule has 8 aromatic carbocycles. The Morgan fingerprint density at radius 1 is 0.327 bits per heavy atom. The Morgan fingerprint density at radius 3 is 1.40 bits per heavy atom. The molecule has 0 bridgehead atoms. The fourth-order valence-electron chi connectivity index (χ4n) is 7.77. The van der Waals surface area contributed by atoms with E-state index in [2.05, 4.69) is 205 Å². The summed E-state index contributed by atoms with van der Waals surface area (Å²) < 4.78 is 2.14. The molecular formula is C52H35N3. The number of benzene rings is 8. The van der Waals surface area contributed by atoms with Crippen molar-refractivity contribution < 1.29 is 0 Å². The number of hydrogen-bond donors (Lipinski definition) is 0. The Kier molecular flexibility index (Phi) is 8.16. The predicted molar refractivity (Wildman–Crippen MR) is 229 cm³/mol. The molecule has 0 atom stereocenters. The summed E-state index contributed by atoms with van der Waals surface area (Å²) in [6, 6.07) is 75.0. The Labute approximate surface area is 320 Å². The summed E-state index contributed by atoms with van der Waals surface area (Å²) >= 11 is 0. The summed E-state index contributed by atoms with van der Waals surface area (Å²) in [4.78, 5) is 5.10. The van der Waals surface area contributed by atoms with Crippen molar-refractivity contribution in [3.8, 4) is 72.8 Å². The first-order valence-corrected chi connectivity index (χ1v) is 18.7. The molecular weight excluding hydrogens is 667 g/mol. The van der Waals surface area contributed by atoms with E-state index in [9.17, 15) is 0 Å². The molecule has 55 heavy (non-hydrogen) atoms. The maximum Gasteiger partial charge on any atom is 0.101 e. The lowest BCUT2D eigenvalue weighted by molar-refractivity contribution is 0.918. The van der Waals surface area contributed by atoms with Crippen molar-refractivity contribution in [3.05, 3.63) is 212 Å². The van der Waals surface area contributed by atoms with Crippen LogP contribution in [0.2, 0.25) is 0 Å². The van der Waals surface area contributed by atoms with Crippen LogP contribution in [0.1, 0.15) is 0 Å². The van der Waals surface area contributed by atoms with Gasteiger partial charge in [-0.05, 0) is 69.1 Å². The second-order valence-corrected chi connectivity index (χ2v) is 13.8. The summed E-state index contributed by atoms with van der Waals surface area (Å²) in [7, 11) is 0. The molecule has 0 spiro atoms. The highest BCUT2D eigenvalue weighted by molar-refractivity contribution is 6.19.